The number of hydrogen-bond donors (Lipinski definition) is 1. The van der Waals surface area contributed by atoms with Gasteiger partial charge in [-0.3, -0.25) is 4.90 Å². The molecule has 0 bridgehead atoms. The molecule has 1 heterocycles. The maximum atomic E-state index is 6.56. The van der Waals surface area contributed by atoms with Gasteiger partial charge in [0.1, 0.15) is 12.4 Å². The van der Waals surface area contributed by atoms with E-state index in [0.717, 1.165) is 25.4 Å². The van der Waals surface area contributed by atoms with Gasteiger partial charge in [-0.25, -0.2) is 0 Å². The first kappa shape index (κ1) is 14.1. The minimum absolute atomic E-state index is 0.361. The molecule has 21 heavy (non-hydrogen) atoms. The zero-order valence-electron chi connectivity index (χ0n) is 12.5. The van der Waals surface area contributed by atoms with Crippen LogP contribution in [0.4, 0.5) is 0 Å². The lowest BCUT2D eigenvalue weighted by Crippen LogP contribution is -2.45. The van der Waals surface area contributed by atoms with Crippen LogP contribution in [0.5, 0.6) is 5.75 Å². The summed E-state index contributed by atoms with van der Waals surface area (Å²) in [5, 5.41) is 0. The first-order valence-corrected chi connectivity index (χ1v) is 7.43. The highest BCUT2D eigenvalue weighted by Crippen LogP contribution is 2.25. The third-order valence-electron chi connectivity index (χ3n) is 4.02. The SMILES string of the molecule is CC(N)(CN1CCOc2ccccc2C1)c1ccccc1. The van der Waals surface area contributed by atoms with E-state index in [-0.39, 0.29) is 5.54 Å². The Balaban J connectivity index is 1.76. The Labute approximate surface area is 126 Å². The van der Waals surface area contributed by atoms with Crippen LogP contribution in [0.3, 0.4) is 0 Å². The van der Waals surface area contributed by atoms with E-state index >= 15 is 0 Å². The van der Waals surface area contributed by atoms with Gasteiger partial charge in [-0.15, -0.1) is 0 Å². The highest BCUT2D eigenvalue weighted by atomic mass is 16.5. The van der Waals surface area contributed by atoms with Gasteiger partial charge in [0.05, 0.1) is 5.54 Å². The highest BCUT2D eigenvalue weighted by Gasteiger charge is 2.26. The Morgan fingerprint density at radius 2 is 1.81 bits per heavy atom. The van der Waals surface area contributed by atoms with Crippen LogP contribution >= 0.6 is 0 Å². The lowest BCUT2D eigenvalue weighted by atomic mass is 9.92. The van der Waals surface area contributed by atoms with Gasteiger partial charge >= 0.3 is 0 Å². The smallest absolute Gasteiger partial charge is 0.123 e. The number of ether oxygens (including phenoxy) is 1. The molecule has 3 heteroatoms. The van der Waals surface area contributed by atoms with Gasteiger partial charge in [0.2, 0.25) is 0 Å². The van der Waals surface area contributed by atoms with Crippen molar-refractivity contribution in [3.63, 3.8) is 0 Å². The van der Waals surface area contributed by atoms with E-state index in [2.05, 4.69) is 36.1 Å². The summed E-state index contributed by atoms with van der Waals surface area (Å²) in [7, 11) is 0. The first-order valence-electron chi connectivity index (χ1n) is 7.43. The predicted molar refractivity (Wildman–Crippen MR) is 85.2 cm³/mol. The predicted octanol–water partition coefficient (Wildman–Crippen LogP) is 2.76. The van der Waals surface area contributed by atoms with Crippen molar-refractivity contribution >= 4 is 0 Å². The third-order valence-corrected chi connectivity index (χ3v) is 4.02. The standard InChI is InChI=1S/C18H22N2O/c1-18(19,16-8-3-2-4-9-16)14-20-11-12-21-17-10-6-5-7-15(17)13-20/h2-10H,11-14,19H2,1H3. The molecule has 1 aliphatic rings. The van der Waals surface area contributed by atoms with Crippen molar-refractivity contribution in [2.75, 3.05) is 19.7 Å². The van der Waals surface area contributed by atoms with Crippen molar-refractivity contribution in [1.82, 2.24) is 4.90 Å². The van der Waals surface area contributed by atoms with Crippen LogP contribution in [-0.4, -0.2) is 24.6 Å². The van der Waals surface area contributed by atoms with Gasteiger partial charge in [0.15, 0.2) is 0 Å². The van der Waals surface area contributed by atoms with Crippen LogP contribution in [0.2, 0.25) is 0 Å². The monoisotopic (exact) mass is 282 g/mol. The van der Waals surface area contributed by atoms with Gasteiger partial charge in [-0.1, -0.05) is 48.5 Å². The van der Waals surface area contributed by atoms with Crippen molar-refractivity contribution in [1.29, 1.82) is 0 Å². The van der Waals surface area contributed by atoms with Gasteiger partial charge in [0, 0.05) is 25.2 Å². The van der Waals surface area contributed by atoms with Crippen LogP contribution in [0, 0.1) is 0 Å². The third kappa shape index (κ3) is 3.26. The molecule has 2 aromatic rings. The number of rotatable bonds is 3. The second-order valence-corrected chi connectivity index (χ2v) is 5.95. The second kappa shape index (κ2) is 5.88. The fourth-order valence-electron chi connectivity index (χ4n) is 2.89. The van der Waals surface area contributed by atoms with E-state index in [4.69, 9.17) is 10.5 Å². The van der Waals surface area contributed by atoms with Crippen molar-refractivity contribution in [2.24, 2.45) is 5.73 Å². The summed E-state index contributed by atoms with van der Waals surface area (Å²) in [6.45, 7) is 5.40. The number of para-hydroxylation sites is 1. The molecule has 0 fully saturated rings. The molecule has 0 radical (unpaired) electrons. The molecule has 0 saturated carbocycles. The first-order chi connectivity index (χ1) is 10.1. The van der Waals surface area contributed by atoms with Gasteiger partial charge in [0.25, 0.3) is 0 Å². The van der Waals surface area contributed by atoms with Gasteiger partial charge < -0.3 is 10.5 Å². The van der Waals surface area contributed by atoms with Crippen LogP contribution in [0.15, 0.2) is 54.6 Å². The topological polar surface area (TPSA) is 38.5 Å². The molecule has 0 spiro atoms. The Hall–Kier alpha value is -1.84. The molecule has 2 N–H and O–H groups in total. The quantitative estimate of drug-likeness (QED) is 0.941. The lowest BCUT2D eigenvalue weighted by molar-refractivity contribution is 0.188. The molecule has 3 rings (SSSR count). The average Bonchev–Trinajstić information content (AvgIpc) is 2.69. The molecule has 2 aromatic carbocycles. The zero-order valence-corrected chi connectivity index (χ0v) is 12.5. The molecule has 0 aliphatic carbocycles. The van der Waals surface area contributed by atoms with Crippen molar-refractivity contribution < 1.29 is 4.74 Å². The average molecular weight is 282 g/mol. The van der Waals surface area contributed by atoms with E-state index < -0.39 is 0 Å². The number of fused-ring (bicyclic) bond motifs is 1. The number of nitrogens with two attached hydrogens (primary N) is 1. The Morgan fingerprint density at radius 3 is 2.62 bits per heavy atom. The summed E-state index contributed by atoms with van der Waals surface area (Å²) in [4.78, 5) is 2.37. The molecule has 0 aromatic heterocycles. The van der Waals surface area contributed by atoms with Gasteiger partial charge in [-0.2, -0.15) is 0 Å². The summed E-state index contributed by atoms with van der Waals surface area (Å²) in [6, 6.07) is 18.6. The second-order valence-electron chi connectivity index (χ2n) is 5.95. The molecule has 1 unspecified atom stereocenters. The Bertz CT molecular complexity index is 595. The molecule has 1 atom stereocenters. The molecular formula is C18H22N2O. The summed E-state index contributed by atoms with van der Waals surface area (Å²) >= 11 is 0. The van der Waals surface area contributed by atoms with E-state index in [1.165, 1.54) is 11.1 Å². The molecule has 3 nitrogen and oxygen atoms in total. The molecule has 110 valence electrons. The van der Waals surface area contributed by atoms with Crippen molar-refractivity contribution in [2.45, 2.75) is 19.0 Å². The van der Waals surface area contributed by atoms with Crippen molar-refractivity contribution in [3.8, 4) is 5.75 Å². The fourth-order valence-corrected chi connectivity index (χ4v) is 2.89. The van der Waals surface area contributed by atoms with E-state index in [1.54, 1.807) is 0 Å². The highest BCUT2D eigenvalue weighted by molar-refractivity contribution is 5.34. The lowest BCUT2D eigenvalue weighted by Gasteiger charge is -2.32. The van der Waals surface area contributed by atoms with E-state index in [9.17, 15) is 0 Å². The summed E-state index contributed by atoms with van der Waals surface area (Å²) in [5.74, 6) is 0.999. The number of nitrogens with zero attached hydrogens (tertiary/aromatic N) is 1. The number of hydrogen-bond acceptors (Lipinski definition) is 3. The van der Waals surface area contributed by atoms with E-state index in [1.807, 2.05) is 30.3 Å². The van der Waals surface area contributed by atoms with Crippen LogP contribution in [0.1, 0.15) is 18.1 Å². The zero-order chi connectivity index (χ0) is 14.7. The van der Waals surface area contributed by atoms with Crippen LogP contribution in [0.25, 0.3) is 0 Å². The van der Waals surface area contributed by atoms with Gasteiger partial charge in [-0.05, 0) is 18.6 Å². The summed E-state index contributed by atoms with van der Waals surface area (Å²) in [6.07, 6.45) is 0. The fraction of sp³-hybridized carbons (Fsp3) is 0.333. The molecule has 1 aliphatic heterocycles. The largest absolute Gasteiger partial charge is 0.492 e. The summed E-state index contributed by atoms with van der Waals surface area (Å²) in [5.41, 5.74) is 8.60. The Morgan fingerprint density at radius 1 is 1.10 bits per heavy atom. The van der Waals surface area contributed by atoms with Crippen LogP contribution in [-0.2, 0) is 12.1 Å². The maximum absolute atomic E-state index is 6.56. The molecule has 0 saturated heterocycles. The van der Waals surface area contributed by atoms with Crippen molar-refractivity contribution in [3.05, 3.63) is 65.7 Å². The number of benzene rings is 2. The minimum atomic E-state index is -0.361. The molecule has 0 amide bonds. The maximum Gasteiger partial charge on any atom is 0.123 e. The van der Waals surface area contributed by atoms with E-state index in [0.29, 0.717) is 6.61 Å². The normalized spacial score (nSPS) is 18.2. The Kier molecular flexibility index (Phi) is 3.95. The summed E-state index contributed by atoms with van der Waals surface area (Å²) < 4.78 is 5.82. The van der Waals surface area contributed by atoms with Crippen LogP contribution < -0.4 is 10.5 Å². The minimum Gasteiger partial charge on any atom is -0.492 e. The molecular weight excluding hydrogens is 260 g/mol.